The smallest absolute Gasteiger partial charge is 0.180 e. The summed E-state index contributed by atoms with van der Waals surface area (Å²) in [6.07, 6.45) is 0.825. The third kappa shape index (κ3) is 6.92. The van der Waals surface area contributed by atoms with Crippen molar-refractivity contribution in [2.45, 2.75) is 26.5 Å². The van der Waals surface area contributed by atoms with Crippen molar-refractivity contribution in [1.82, 2.24) is 5.32 Å². The molecule has 8 heteroatoms. The van der Waals surface area contributed by atoms with Crippen molar-refractivity contribution < 1.29 is 23.3 Å². The zero-order chi connectivity index (χ0) is 24.5. The number of benzene rings is 3. The maximum Gasteiger partial charge on any atom is 0.180 e. The van der Waals surface area contributed by atoms with Gasteiger partial charge in [0.15, 0.2) is 23.0 Å². The molecule has 0 heterocycles. The van der Waals surface area contributed by atoms with Crippen LogP contribution in [0.1, 0.15) is 23.6 Å². The predicted octanol–water partition coefficient (Wildman–Crippen LogP) is 6.46. The van der Waals surface area contributed by atoms with Gasteiger partial charge in [0.1, 0.15) is 12.4 Å². The number of hydrogen-bond acceptors (Lipinski definition) is 5. The Balaban J connectivity index is 1.62. The quantitative estimate of drug-likeness (QED) is 0.285. The van der Waals surface area contributed by atoms with Crippen LogP contribution in [-0.4, -0.2) is 27.4 Å². The fourth-order valence-electron chi connectivity index (χ4n) is 3.42. The Morgan fingerprint density at radius 1 is 0.824 bits per heavy atom. The van der Waals surface area contributed by atoms with Crippen LogP contribution in [0, 0.1) is 5.82 Å². The molecule has 0 spiro atoms. The van der Waals surface area contributed by atoms with Gasteiger partial charge in [-0.1, -0.05) is 35.3 Å². The van der Waals surface area contributed by atoms with Crippen molar-refractivity contribution in [3.8, 4) is 23.0 Å². The normalized spacial score (nSPS) is 10.8. The molecule has 0 amide bonds. The zero-order valence-electron chi connectivity index (χ0n) is 19.4. The summed E-state index contributed by atoms with van der Waals surface area (Å²) < 4.78 is 35.6. The number of hydrogen-bond donors (Lipinski definition) is 1. The number of halogens is 3. The lowest BCUT2D eigenvalue weighted by atomic mass is 10.1. The van der Waals surface area contributed by atoms with E-state index in [9.17, 15) is 4.39 Å². The molecule has 182 valence electrons. The topological polar surface area (TPSA) is 49.0 Å². The summed E-state index contributed by atoms with van der Waals surface area (Å²) in [7, 11) is 3.25. The largest absolute Gasteiger partial charge is 0.493 e. The number of rotatable bonds is 12. The number of nitrogens with one attached hydrogen (secondary N) is 1. The van der Waals surface area contributed by atoms with Gasteiger partial charge in [0, 0.05) is 12.1 Å². The van der Waals surface area contributed by atoms with Crippen LogP contribution in [0.5, 0.6) is 23.0 Å². The van der Waals surface area contributed by atoms with E-state index in [0.29, 0.717) is 51.8 Å². The Labute approximate surface area is 209 Å². The van der Waals surface area contributed by atoms with Crippen molar-refractivity contribution in [1.29, 1.82) is 0 Å². The van der Waals surface area contributed by atoms with Gasteiger partial charge in [-0.15, -0.1) is 0 Å². The van der Waals surface area contributed by atoms with Gasteiger partial charge in [-0.05, 0) is 67.4 Å². The minimum absolute atomic E-state index is 0.141. The Bertz CT molecular complexity index is 1110. The Morgan fingerprint density at radius 2 is 1.59 bits per heavy atom. The van der Waals surface area contributed by atoms with Crippen LogP contribution in [0.25, 0.3) is 0 Å². The fraction of sp³-hybridized carbons (Fsp3) is 0.308. The van der Waals surface area contributed by atoms with Gasteiger partial charge < -0.3 is 24.3 Å². The van der Waals surface area contributed by atoms with Gasteiger partial charge in [-0.2, -0.15) is 0 Å². The van der Waals surface area contributed by atoms with Crippen molar-refractivity contribution in [3.63, 3.8) is 0 Å². The van der Waals surface area contributed by atoms with Crippen molar-refractivity contribution in [3.05, 3.63) is 81.1 Å². The van der Waals surface area contributed by atoms with E-state index >= 15 is 0 Å². The highest BCUT2D eigenvalue weighted by molar-refractivity contribution is 6.32. The highest BCUT2D eigenvalue weighted by atomic mass is 35.5. The highest BCUT2D eigenvalue weighted by Crippen LogP contribution is 2.37. The summed E-state index contributed by atoms with van der Waals surface area (Å²) in [6.45, 7) is 3.86. The van der Waals surface area contributed by atoms with E-state index in [2.05, 4.69) is 5.32 Å². The first-order valence-corrected chi connectivity index (χ1v) is 11.6. The van der Waals surface area contributed by atoms with E-state index in [4.69, 9.17) is 42.1 Å². The first-order valence-electron chi connectivity index (χ1n) is 10.9. The van der Waals surface area contributed by atoms with Crippen LogP contribution in [-0.2, 0) is 19.6 Å². The summed E-state index contributed by atoms with van der Waals surface area (Å²) >= 11 is 12.6. The molecular weight excluding hydrogens is 480 g/mol. The molecule has 0 aromatic heterocycles. The van der Waals surface area contributed by atoms with Gasteiger partial charge >= 0.3 is 0 Å². The van der Waals surface area contributed by atoms with Gasteiger partial charge in [0.05, 0.1) is 30.9 Å². The molecule has 34 heavy (non-hydrogen) atoms. The van der Waals surface area contributed by atoms with Crippen molar-refractivity contribution >= 4 is 23.2 Å². The Morgan fingerprint density at radius 3 is 2.29 bits per heavy atom. The van der Waals surface area contributed by atoms with Crippen LogP contribution < -0.4 is 24.3 Å². The molecule has 5 nitrogen and oxygen atoms in total. The molecule has 0 aliphatic heterocycles. The molecule has 3 rings (SSSR count). The lowest BCUT2D eigenvalue weighted by Crippen LogP contribution is -2.17. The number of ether oxygens (including phenoxy) is 4. The first kappa shape index (κ1) is 25.9. The third-order valence-electron chi connectivity index (χ3n) is 5.12. The molecule has 0 radical (unpaired) electrons. The van der Waals surface area contributed by atoms with Gasteiger partial charge in [0.25, 0.3) is 0 Å². The van der Waals surface area contributed by atoms with Crippen LogP contribution in [0.2, 0.25) is 10.0 Å². The lowest BCUT2D eigenvalue weighted by molar-refractivity contribution is 0.269. The van der Waals surface area contributed by atoms with Crippen molar-refractivity contribution in [2.24, 2.45) is 0 Å². The van der Waals surface area contributed by atoms with Gasteiger partial charge in [-0.3, -0.25) is 0 Å². The second-order valence-corrected chi connectivity index (χ2v) is 8.29. The maximum atomic E-state index is 13.3. The molecule has 0 saturated heterocycles. The SMILES string of the molecule is CCOc1cc(CNCCc2ccc(OC)c(OC)c2)cc(Cl)c1OCc1ccc(F)cc1Cl. The van der Waals surface area contributed by atoms with E-state index in [1.807, 2.05) is 37.3 Å². The zero-order valence-corrected chi connectivity index (χ0v) is 20.9. The van der Waals surface area contributed by atoms with Crippen LogP contribution in [0.3, 0.4) is 0 Å². The van der Waals surface area contributed by atoms with Gasteiger partial charge in [0.2, 0.25) is 0 Å². The van der Waals surface area contributed by atoms with E-state index in [0.717, 1.165) is 24.1 Å². The maximum absolute atomic E-state index is 13.3. The lowest BCUT2D eigenvalue weighted by Gasteiger charge is -2.16. The standard InChI is InChI=1S/C26H28Cl2FNO4/c1-4-33-25-13-18(15-30-10-9-17-5-8-23(31-2)24(12-17)32-3)11-22(28)26(25)34-16-19-6-7-20(29)14-21(19)27/h5-8,11-14,30H,4,9-10,15-16H2,1-3H3. The highest BCUT2D eigenvalue weighted by Gasteiger charge is 2.14. The Kier molecular flexibility index (Phi) is 9.69. The van der Waals surface area contributed by atoms with Gasteiger partial charge in [-0.25, -0.2) is 4.39 Å². The van der Waals surface area contributed by atoms with E-state index in [1.165, 1.54) is 12.1 Å². The first-order chi connectivity index (χ1) is 16.4. The summed E-state index contributed by atoms with van der Waals surface area (Å²) in [5.74, 6) is 2.00. The predicted molar refractivity (Wildman–Crippen MR) is 133 cm³/mol. The van der Waals surface area contributed by atoms with Crippen LogP contribution in [0.15, 0.2) is 48.5 Å². The fourth-order valence-corrected chi connectivity index (χ4v) is 3.93. The second-order valence-electron chi connectivity index (χ2n) is 7.48. The third-order valence-corrected chi connectivity index (χ3v) is 5.76. The molecule has 1 N–H and O–H groups in total. The summed E-state index contributed by atoms with van der Waals surface area (Å²) in [6, 6.07) is 13.8. The van der Waals surface area contributed by atoms with Crippen molar-refractivity contribution in [2.75, 3.05) is 27.4 Å². The average Bonchev–Trinajstić information content (AvgIpc) is 2.82. The van der Waals surface area contributed by atoms with E-state index in [1.54, 1.807) is 20.3 Å². The molecule has 0 unspecified atom stereocenters. The minimum atomic E-state index is -0.398. The summed E-state index contributed by atoms with van der Waals surface area (Å²) in [5, 5.41) is 4.15. The monoisotopic (exact) mass is 507 g/mol. The average molecular weight is 508 g/mol. The molecule has 0 atom stereocenters. The minimum Gasteiger partial charge on any atom is -0.493 e. The molecule has 3 aromatic carbocycles. The van der Waals surface area contributed by atoms with E-state index < -0.39 is 5.82 Å². The summed E-state index contributed by atoms with van der Waals surface area (Å²) in [4.78, 5) is 0. The van der Waals surface area contributed by atoms with Crippen LogP contribution in [0.4, 0.5) is 4.39 Å². The summed E-state index contributed by atoms with van der Waals surface area (Å²) in [5.41, 5.74) is 2.76. The Hall–Kier alpha value is -2.67. The molecule has 3 aromatic rings. The number of methoxy groups -OCH3 is 2. The molecule has 0 aliphatic rings. The van der Waals surface area contributed by atoms with E-state index in [-0.39, 0.29) is 6.61 Å². The molecule has 0 fully saturated rings. The molecule has 0 saturated carbocycles. The molecular formula is C26H28Cl2FNO4. The van der Waals surface area contributed by atoms with Crippen LogP contribution >= 0.6 is 23.2 Å². The molecule has 0 aliphatic carbocycles. The second kappa shape index (κ2) is 12.7. The molecule has 0 bridgehead atoms.